The molecule has 1 aliphatic rings. The number of alkyl halides is 2. The highest BCUT2D eigenvalue weighted by molar-refractivity contribution is 9.10. The summed E-state index contributed by atoms with van der Waals surface area (Å²) in [4.78, 5) is 28.7. The number of hydrogen-bond donors (Lipinski definition) is 3. The molecule has 5 aromatic rings. The molecule has 0 radical (unpaired) electrons. The number of nitrogens with zero attached hydrogens (tertiary/aromatic N) is 4. The smallest absolute Gasteiger partial charge is 0.297 e. The predicted molar refractivity (Wildman–Crippen MR) is 178 cm³/mol. The number of halogens is 4. The number of aromatic nitrogens is 4. The molecule has 4 heterocycles. The van der Waals surface area contributed by atoms with Crippen molar-refractivity contribution in [3.63, 3.8) is 0 Å². The van der Waals surface area contributed by atoms with Gasteiger partial charge >= 0.3 is 0 Å². The summed E-state index contributed by atoms with van der Waals surface area (Å²) in [5.74, 6) is 0.143. The molecule has 3 aromatic heterocycles. The van der Waals surface area contributed by atoms with E-state index in [9.17, 15) is 13.6 Å². The highest BCUT2D eigenvalue weighted by Gasteiger charge is 2.21. The van der Waals surface area contributed by atoms with Crippen LogP contribution in [0.3, 0.4) is 0 Å². The third kappa shape index (κ3) is 6.64. The predicted octanol–water partition coefficient (Wildman–Crippen LogP) is 7.54. The molecule has 1 aliphatic heterocycles. The minimum absolute atomic E-state index is 0.0846. The Bertz CT molecular complexity index is 1940. The van der Waals surface area contributed by atoms with Gasteiger partial charge < -0.3 is 20.7 Å². The van der Waals surface area contributed by atoms with Crippen molar-refractivity contribution in [3.05, 3.63) is 87.2 Å². The maximum atomic E-state index is 13.7. The molecule has 2 aromatic carbocycles. The van der Waals surface area contributed by atoms with Crippen molar-refractivity contribution >= 4 is 56.0 Å². The number of fused-ring (bicyclic) bond motifs is 1. The molecule has 1 amide bonds. The van der Waals surface area contributed by atoms with Crippen molar-refractivity contribution in [3.8, 4) is 28.3 Å². The van der Waals surface area contributed by atoms with E-state index in [1.165, 1.54) is 0 Å². The van der Waals surface area contributed by atoms with Gasteiger partial charge in [-0.25, -0.2) is 28.7 Å². The van der Waals surface area contributed by atoms with Gasteiger partial charge in [-0.1, -0.05) is 48.0 Å². The number of carbonyl (C=O) groups is 1. The zero-order valence-corrected chi connectivity index (χ0v) is 27.2. The molecule has 13 heteroatoms. The molecule has 0 aliphatic carbocycles. The second kappa shape index (κ2) is 13.6. The number of hydrogen-bond acceptors (Lipinski definition) is 8. The van der Waals surface area contributed by atoms with E-state index in [0.717, 1.165) is 34.2 Å². The number of benzene rings is 2. The highest BCUT2D eigenvalue weighted by Crippen LogP contribution is 2.40. The van der Waals surface area contributed by atoms with Crippen LogP contribution in [0, 0.1) is 6.92 Å². The second-order valence-electron chi connectivity index (χ2n) is 10.8. The lowest BCUT2D eigenvalue weighted by molar-refractivity contribution is -0.119. The average molecular weight is 709 g/mol. The number of pyridine rings is 2. The molecule has 0 unspecified atom stereocenters. The van der Waals surface area contributed by atoms with Gasteiger partial charge in [0.1, 0.15) is 5.52 Å². The topological polar surface area (TPSA) is 114 Å². The lowest BCUT2D eigenvalue weighted by Gasteiger charge is -2.17. The number of anilines is 2. The van der Waals surface area contributed by atoms with Gasteiger partial charge in [-0.15, -0.1) is 0 Å². The fourth-order valence-electron chi connectivity index (χ4n) is 5.47. The van der Waals surface area contributed by atoms with E-state index < -0.39 is 12.2 Å². The fourth-order valence-corrected chi connectivity index (χ4v) is 6.11. The van der Waals surface area contributed by atoms with E-state index in [2.05, 4.69) is 46.8 Å². The Morgan fingerprint density at radius 2 is 1.87 bits per heavy atom. The lowest BCUT2D eigenvalue weighted by Crippen LogP contribution is -2.35. The molecular formula is C33H29BrClF2N7O2. The standard InChI is InChI=1S/C33H29BrClF2N7O2/c1-17-21(5-4-8-24(17)41-31-29-26(13-19(34)15-39-29)42-32(44-31)30(36)37)22-6-3-7-23(28(22)35)25-11-9-18(33(43-25)46-2)14-38-16-20-10-12-27(45)40-20/h3-9,11,13,15,20,30,38H,10,12,14,16H2,1-2H3,(H,40,45)(H,41,42,44)/t20-/m0/s1. The Balaban J connectivity index is 1.29. The maximum Gasteiger partial charge on any atom is 0.297 e. The second-order valence-corrected chi connectivity index (χ2v) is 12.1. The van der Waals surface area contributed by atoms with Gasteiger partial charge in [0.15, 0.2) is 11.6 Å². The van der Waals surface area contributed by atoms with Crippen LogP contribution in [0.4, 0.5) is 20.3 Å². The average Bonchev–Trinajstić information content (AvgIpc) is 3.46. The van der Waals surface area contributed by atoms with Crippen molar-refractivity contribution in [2.24, 2.45) is 0 Å². The molecule has 1 atom stereocenters. The number of rotatable bonds is 10. The first kappa shape index (κ1) is 31.7. The molecule has 3 N–H and O–H groups in total. The summed E-state index contributed by atoms with van der Waals surface area (Å²) in [6, 6.07) is 17.0. The van der Waals surface area contributed by atoms with E-state index in [1.54, 1.807) is 19.4 Å². The highest BCUT2D eigenvalue weighted by atomic mass is 79.9. The largest absolute Gasteiger partial charge is 0.481 e. The SMILES string of the molecule is COc1nc(-c2cccc(-c3cccc(Nc4nc(C(F)F)nc5cc(Br)cnc45)c3C)c2Cl)ccc1CNC[C@@H]1CCC(=O)N1. The minimum Gasteiger partial charge on any atom is -0.481 e. The number of methoxy groups -OCH3 is 1. The summed E-state index contributed by atoms with van der Waals surface area (Å²) in [7, 11) is 1.58. The summed E-state index contributed by atoms with van der Waals surface area (Å²) < 4.78 is 33.6. The first-order chi connectivity index (χ1) is 22.2. The van der Waals surface area contributed by atoms with Gasteiger partial charge in [0.25, 0.3) is 6.43 Å². The third-order valence-corrected chi connectivity index (χ3v) is 8.63. The Morgan fingerprint density at radius 1 is 1.09 bits per heavy atom. The molecule has 46 heavy (non-hydrogen) atoms. The van der Waals surface area contributed by atoms with Gasteiger partial charge in [-0.2, -0.15) is 0 Å². The molecule has 236 valence electrons. The minimum atomic E-state index is -2.85. The van der Waals surface area contributed by atoms with E-state index >= 15 is 0 Å². The molecule has 0 bridgehead atoms. The van der Waals surface area contributed by atoms with Gasteiger partial charge in [0, 0.05) is 58.6 Å². The first-order valence-corrected chi connectivity index (χ1v) is 15.7. The zero-order valence-electron chi connectivity index (χ0n) is 24.9. The summed E-state index contributed by atoms with van der Waals surface area (Å²) >= 11 is 10.4. The van der Waals surface area contributed by atoms with Gasteiger partial charge in [0.2, 0.25) is 11.8 Å². The van der Waals surface area contributed by atoms with Crippen LogP contribution in [-0.4, -0.2) is 45.5 Å². The van der Waals surface area contributed by atoms with Crippen molar-refractivity contribution < 1.29 is 18.3 Å². The van der Waals surface area contributed by atoms with Crippen molar-refractivity contribution in [1.29, 1.82) is 0 Å². The Kier molecular flexibility index (Phi) is 9.39. The van der Waals surface area contributed by atoms with Crippen molar-refractivity contribution in [1.82, 2.24) is 30.6 Å². The van der Waals surface area contributed by atoms with Crippen LogP contribution in [0.5, 0.6) is 5.88 Å². The van der Waals surface area contributed by atoms with Crippen LogP contribution >= 0.6 is 27.5 Å². The molecule has 0 spiro atoms. The van der Waals surface area contributed by atoms with Crippen LogP contribution in [-0.2, 0) is 11.3 Å². The molecule has 9 nitrogen and oxygen atoms in total. The number of carbonyl (C=O) groups excluding carboxylic acids is 1. The van der Waals surface area contributed by atoms with Crippen LogP contribution in [0.1, 0.15) is 36.2 Å². The first-order valence-electron chi connectivity index (χ1n) is 14.5. The van der Waals surface area contributed by atoms with Crippen LogP contribution in [0.25, 0.3) is 33.4 Å². The monoisotopic (exact) mass is 707 g/mol. The van der Waals surface area contributed by atoms with Crippen LogP contribution in [0.2, 0.25) is 5.02 Å². The zero-order chi connectivity index (χ0) is 32.4. The normalized spacial score (nSPS) is 14.6. The lowest BCUT2D eigenvalue weighted by atomic mass is 9.96. The molecule has 0 saturated carbocycles. The summed E-state index contributed by atoms with van der Waals surface area (Å²) in [5.41, 5.74) is 5.99. The molecule has 1 saturated heterocycles. The Labute approximate surface area is 277 Å². The quantitative estimate of drug-likeness (QED) is 0.136. The Hall–Kier alpha value is -4.26. The Morgan fingerprint density at radius 3 is 2.63 bits per heavy atom. The number of amides is 1. The fraction of sp³-hybridized carbons (Fsp3) is 0.242. The molecular weight excluding hydrogens is 680 g/mol. The maximum absolute atomic E-state index is 13.7. The van der Waals surface area contributed by atoms with E-state index in [-0.39, 0.29) is 17.8 Å². The molecule has 1 fully saturated rings. The molecule has 6 rings (SSSR count). The number of nitrogens with one attached hydrogen (secondary N) is 3. The van der Waals surface area contributed by atoms with Crippen LogP contribution in [0.15, 0.2) is 65.3 Å². The van der Waals surface area contributed by atoms with Crippen molar-refractivity contribution in [2.75, 3.05) is 19.0 Å². The van der Waals surface area contributed by atoms with Gasteiger partial charge in [-0.05, 0) is 58.6 Å². The van der Waals surface area contributed by atoms with E-state index in [1.807, 2.05) is 55.5 Å². The van der Waals surface area contributed by atoms with E-state index in [0.29, 0.717) is 57.3 Å². The summed E-state index contributed by atoms with van der Waals surface area (Å²) in [6.07, 6.45) is 0.0939. The van der Waals surface area contributed by atoms with Crippen molar-refractivity contribution in [2.45, 2.75) is 38.8 Å². The number of ether oxygens (including phenoxy) is 1. The van der Waals surface area contributed by atoms with Gasteiger partial charge in [0.05, 0.1) is 23.3 Å². The summed E-state index contributed by atoms with van der Waals surface area (Å²) in [5, 5.41) is 10.0. The summed E-state index contributed by atoms with van der Waals surface area (Å²) in [6.45, 7) is 3.11. The van der Waals surface area contributed by atoms with Crippen LogP contribution < -0.4 is 20.7 Å². The third-order valence-electron chi connectivity index (χ3n) is 7.79. The van der Waals surface area contributed by atoms with E-state index in [4.69, 9.17) is 21.3 Å². The van der Waals surface area contributed by atoms with Gasteiger partial charge in [-0.3, -0.25) is 4.79 Å².